The number of rotatable bonds is 4. The molecule has 0 spiro atoms. The highest BCUT2D eigenvalue weighted by Crippen LogP contribution is 2.42. The van der Waals surface area contributed by atoms with Crippen LogP contribution in [0.1, 0.15) is 17.2 Å². The van der Waals surface area contributed by atoms with E-state index in [1.807, 2.05) is 55.4 Å². The van der Waals surface area contributed by atoms with Gasteiger partial charge in [0.1, 0.15) is 5.76 Å². The minimum atomic E-state index is -0.774. The van der Waals surface area contributed by atoms with Crippen molar-refractivity contribution in [1.29, 1.82) is 0 Å². The molecule has 5 nitrogen and oxygen atoms in total. The standard InChI is InChI=1S/C25H20BrClN2O3/c1-28(2)19-11-13-20(14-12-19)29-22(15-3-7-17(26)8-4-15)21(24(31)25(29)32)23(30)16-5-9-18(27)10-6-16/h3-14,22,30H,1-2H3/t22-/m1/s1. The van der Waals surface area contributed by atoms with Gasteiger partial charge in [-0.15, -0.1) is 0 Å². The lowest BCUT2D eigenvalue weighted by Gasteiger charge is -2.26. The highest BCUT2D eigenvalue weighted by Gasteiger charge is 2.46. The number of benzene rings is 3. The van der Waals surface area contributed by atoms with Crippen molar-refractivity contribution in [3.63, 3.8) is 0 Å². The molecule has 0 unspecified atom stereocenters. The first-order valence-electron chi connectivity index (χ1n) is 9.87. The maximum Gasteiger partial charge on any atom is 0.300 e. The van der Waals surface area contributed by atoms with Gasteiger partial charge in [0, 0.05) is 40.5 Å². The van der Waals surface area contributed by atoms with E-state index in [4.69, 9.17) is 11.6 Å². The number of halogens is 2. The van der Waals surface area contributed by atoms with Gasteiger partial charge < -0.3 is 10.0 Å². The second kappa shape index (κ2) is 8.81. The summed E-state index contributed by atoms with van der Waals surface area (Å²) in [6.07, 6.45) is 0. The summed E-state index contributed by atoms with van der Waals surface area (Å²) in [6, 6.07) is 20.4. The molecule has 1 aliphatic rings. The number of ketones is 1. The Hall–Kier alpha value is -3.09. The minimum Gasteiger partial charge on any atom is -0.507 e. The number of Topliss-reactive ketones (excluding diaryl/α,β-unsaturated/α-hetero) is 1. The third-order valence-electron chi connectivity index (χ3n) is 5.39. The van der Waals surface area contributed by atoms with Crippen LogP contribution in [-0.2, 0) is 9.59 Å². The van der Waals surface area contributed by atoms with E-state index < -0.39 is 17.7 Å². The van der Waals surface area contributed by atoms with Crippen LogP contribution in [0.3, 0.4) is 0 Å². The van der Waals surface area contributed by atoms with Crippen molar-refractivity contribution >= 4 is 56.4 Å². The van der Waals surface area contributed by atoms with Gasteiger partial charge in [0.05, 0.1) is 11.6 Å². The molecule has 1 aliphatic heterocycles. The average Bonchev–Trinajstić information content (AvgIpc) is 3.05. The summed E-state index contributed by atoms with van der Waals surface area (Å²) in [5, 5.41) is 11.6. The summed E-state index contributed by atoms with van der Waals surface area (Å²) in [6.45, 7) is 0. The quantitative estimate of drug-likeness (QED) is 0.273. The molecule has 3 aromatic carbocycles. The molecule has 3 aromatic rings. The number of aliphatic hydroxyl groups is 1. The number of aliphatic hydroxyl groups excluding tert-OH is 1. The van der Waals surface area contributed by atoms with Crippen molar-refractivity contribution in [2.24, 2.45) is 0 Å². The molecule has 1 amide bonds. The topological polar surface area (TPSA) is 60.9 Å². The Balaban J connectivity index is 1.90. The number of nitrogens with zero attached hydrogens (tertiary/aromatic N) is 2. The van der Waals surface area contributed by atoms with Crippen molar-refractivity contribution in [2.75, 3.05) is 23.9 Å². The fourth-order valence-corrected chi connectivity index (χ4v) is 4.12. The largest absolute Gasteiger partial charge is 0.507 e. The predicted molar refractivity (Wildman–Crippen MR) is 131 cm³/mol. The van der Waals surface area contributed by atoms with Crippen LogP contribution in [0.2, 0.25) is 5.02 Å². The van der Waals surface area contributed by atoms with Gasteiger partial charge >= 0.3 is 0 Å². The van der Waals surface area contributed by atoms with Crippen LogP contribution in [-0.4, -0.2) is 30.9 Å². The molecular formula is C25H20BrClN2O3. The fourth-order valence-electron chi connectivity index (χ4n) is 3.73. The fraction of sp³-hybridized carbons (Fsp3) is 0.120. The first kappa shape index (κ1) is 22.1. The maximum absolute atomic E-state index is 13.2. The van der Waals surface area contributed by atoms with Crippen LogP contribution in [0.4, 0.5) is 11.4 Å². The Morgan fingerprint density at radius 3 is 2.09 bits per heavy atom. The van der Waals surface area contributed by atoms with E-state index in [2.05, 4.69) is 15.9 Å². The molecule has 1 heterocycles. The molecule has 162 valence electrons. The van der Waals surface area contributed by atoms with Crippen molar-refractivity contribution in [3.8, 4) is 0 Å². The summed E-state index contributed by atoms with van der Waals surface area (Å²) < 4.78 is 0.867. The second-order valence-electron chi connectivity index (χ2n) is 7.64. The minimum absolute atomic E-state index is 0.0383. The molecule has 0 saturated carbocycles. The molecule has 0 bridgehead atoms. The predicted octanol–water partition coefficient (Wildman–Crippen LogP) is 5.79. The molecule has 1 saturated heterocycles. The Morgan fingerprint density at radius 2 is 1.53 bits per heavy atom. The Morgan fingerprint density at radius 1 is 0.938 bits per heavy atom. The summed E-state index contributed by atoms with van der Waals surface area (Å²) in [5.41, 5.74) is 2.70. The first-order chi connectivity index (χ1) is 15.3. The molecule has 1 atom stereocenters. The summed E-state index contributed by atoms with van der Waals surface area (Å²) in [5.74, 6) is -1.66. The van der Waals surface area contributed by atoms with E-state index in [9.17, 15) is 14.7 Å². The van der Waals surface area contributed by atoms with Crippen LogP contribution in [0.5, 0.6) is 0 Å². The van der Waals surface area contributed by atoms with E-state index in [0.29, 0.717) is 21.8 Å². The van der Waals surface area contributed by atoms with Crippen molar-refractivity contribution in [2.45, 2.75) is 6.04 Å². The maximum atomic E-state index is 13.2. The van der Waals surface area contributed by atoms with Gasteiger partial charge in [-0.1, -0.05) is 39.7 Å². The molecule has 1 N–H and O–H groups in total. The second-order valence-corrected chi connectivity index (χ2v) is 8.99. The first-order valence-corrected chi connectivity index (χ1v) is 11.0. The molecule has 0 radical (unpaired) electrons. The van der Waals surface area contributed by atoms with Gasteiger partial charge in [0.15, 0.2) is 0 Å². The number of carbonyl (C=O) groups excluding carboxylic acids is 2. The van der Waals surface area contributed by atoms with E-state index in [0.717, 1.165) is 10.2 Å². The van der Waals surface area contributed by atoms with Gasteiger partial charge in [0.25, 0.3) is 11.7 Å². The smallest absolute Gasteiger partial charge is 0.300 e. The monoisotopic (exact) mass is 510 g/mol. The van der Waals surface area contributed by atoms with Gasteiger partial charge in [0.2, 0.25) is 0 Å². The molecule has 0 aliphatic carbocycles. The summed E-state index contributed by atoms with van der Waals surface area (Å²) in [7, 11) is 3.85. The summed E-state index contributed by atoms with van der Waals surface area (Å²) >= 11 is 9.39. The number of hydrogen-bond donors (Lipinski definition) is 1. The summed E-state index contributed by atoms with van der Waals surface area (Å²) in [4.78, 5) is 29.7. The molecule has 4 rings (SSSR count). The van der Waals surface area contributed by atoms with E-state index in [1.165, 1.54) is 4.90 Å². The Labute approximate surface area is 199 Å². The normalized spacial score (nSPS) is 17.6. The highest BCUT2D eigenvalue weighted by atomic mass is 79.9. The van der Waals surface area contributed by atoms with Crippen molar-refractivity contribution in [1.82, 2.24) is 0 Å². The third-order valence-corrected chi connectivity index (χ3v) is 6.17. The van der Waals surface area contributed by atoms with Crippen LogP contribution in [0, 0.1) is 0 Å². The van der Waals surface area contributed by atoms with Gasteiger partial charge in [-0.05, 0) is 66.2 Å². The highest BCUT2D eigenvalue weighted by molar-refractivity contribution is 9.10. The van der Waals surface area contributed by atoms with Crippen molar-refractivity contribution < 1.29 is 14.7 Å². The molecular weight excluding hydrogens is 492 g/mol. The molecule has 7 heteroatoms. The van der Waals surface area contributed by atoms with E-state index in [1.54, 1.807) is 36.4 Å². The van der Waals surface area contributed by atoms with E-state index in [-0.39, 0.29) is 11.3 Å². The third kappa shape index (κ3) is 4.04. The number of hydrogen-bond acceptors (Lipinski definition) is 4. The van der Waals surface area contributed by atoms with Crippen molar-refractivity contribution in [3.05, 3.63) is 99.0 Å². The number of anilines is 2. The number of amides is 1. The lowest BCUT2D eigenvalue weighted by atomic mass is 9.95. The van der Waals surface area contributed by atoms with Gasteiger partial charge in [-0.3, -0.25) is 14.5 Å². The average molecular weight is 512 g/mol. The van der Waals surface area contributed by atoms with Crippen LogP contribution < -0.4 is 9.80 Å². The zero-order chi connectivity index (χ0) is 23.0. The molecule has 1 fully saturated rings. The SMILES string of the molecule is CN(C)c1ccc(N2C(=O)C(=O)C(=C(O)c3ccc(Cl)cc3)[C@H]2c2ccc(Br)cc2)cc1. The lowest BCUT2D eigenvalue weighted by Crippen LogP contribution is -2.29. The lowest BCUT2D eigenvalue weighted by molar-refractivity contribution is -0.132. The van der Waals surface area contributed by atoms with Gasteiger partial charge in [-0.2, -0.15) is 0 Å². The number of carbonyl (C=O) groups is 2. The zero-order valence-corrected chi connectivity index (χ0v) is 19.8. The Bertz CT molecular complexity index is 1200. The zero-order valence-electron chi connectivity index (χ0n) is 17.4. The van der Waals surface area contributed by atoms with E-state index >= 15 is 0 Å². The molecule has 0 aromatic heterocycles. The van der Waals surface area contributed by atoms with Crippen LogP contribution >= 0.6 is 27.5 Å². The Kier molecular flexibility index (Phi) is 6.09. The van der Waals surface area contributed by atoms with Crippen LogP contribution in [0.25, 0.3) is 5.76 Å². The van der Waals surface area contributed by atoms with Crippen LogP contribution in [0.15, 0.2) is 82.8 Å². The van der Waals surface area contributed by atoms with Gasteiger partial charge in [-0.25, -0.2) is 0 Å². The molecule has 32 heavy (non-hydrogen) atoms.